The van der Waals surface area contributed by atoms with Gasteiger partial charge in [-0.1, -0.05) is 48.0 Å². The minimum atomic E-state index is 0.497. The van der Waals surface area contributed by atoms with Crippen LogP contribution in [0.15, 0.2) is 0 Å². The second-order valence-electron chi connectivity index (χ2n) is 8.10. The Bertz CT molecular complexity index is 226. The van der Waals surface area contributed by atoms with Crippen molar-refractivity contribution in [3.05, 3.63) is 0 Å². The standard InChI is InChI=1S/C17H35N/c1-13(2)18-12-16-8-7-14(3)11-15(16)9-10-17(4,5)6/h13-16,18H,7-12H2,1-6H3. The summed E-state index contributed by atoms with van der Waals surface area (Å²) >= 11 is 0. The highest BCUT2D eigenvalue weighted by Crippen LogP contribution is 2.38. The van der Waals surface area contributed by atoms with Gasteiger partial charge in [-0.25, -0.2) is 0 Å². The molecule has 1 heteroatoms. The predicted octanol–water partition coefficient (Wildman–Crippen LogP) is 4.86. The van der Waals surface area contributed by atoms with Crippen LogP contribution in [0.25, 0.3) is 0 Å². The molecule has 1 aliphatic carbocycles. The fourth-order valence-electron chi connectivity index (χ4n) is 3.19. The van der Waals surface area contributed by atoms with Crippen LogP contribution in [0.4, 0.5) is 0 Å². The zero-order valence-corrected chi connectivity index (χ0v) is 13.6. The molecule has 108 valence electrons. The Balaban J connectivity index is 2.46. The van der Waals surface area contributed by atoms with Gasteiger partial charge >= 0.3 is 0 Å². The van der Waals surface area contributed by atoms with Gasteiger partial charge in [-0.2, -0.15) is 0 Å². The van der Waals surface area contributed by atoms with Crippen LogP contribution in [0.3, 0.4) is 0 Å². The lowest BCUT2D eigenvalue weighted by Gasteiger charge is -2.37. The van der Waals surface area contributed by atoms with Gasteiger partial charge in [0.2, 0.25) is 0 Å². The molecule has 1 saturated carbocycles. The molecule has 3 atom stereocenters. The SMILES string of the molecule is CC1CCC(CNC(C)C)C(CCC(C)(C)C)C1. The highest BCUT2D eigenvalue weighted by Gasteiger charge is 2.29. The summed E-state index contributed by atoms with van der Waals surface area (Å²) in [4.78, 5) is 0. The van der Waals surface area contributed by atoms with Gasteiger partial charge in [-0.05, 0) is 55.4 Å². The van der Waals surface area contributed by atoms with Crippen molar-refractivity contribution in [2.75, 3.05) is 6.54 Å². The Hall–Kier alpha value is -0.0400. The molecule has 0 aliphatic heterocycles. The minimum Gasteiger partial charge on any atom is -0.314 e. The number of rotatable bonds is 5. The van der Waals surface area contributed by atoms with E-state index in [4.69, 9.17) is 0 Å². The van der Waals surface area contributed by atoms with Crippen molar-refractivity contribution in [2.45, 2.75) is 79.7 Å². The fourth-order valence-corrected chi connectivity index (χ4v) is 3.19. The molecule has 0 aromatic heterocycles. The monoisotopic (exact) mass is 253 g/mol. The molecule has 0 spiro atoms. The van der Waals surface area contributed by atoms with Gasteiger partial charge in [0, 0.05) is 6.04 Å². The average molecular weight is 253 g/mol. The van der Waals surface area contributed by atoms with Crippen LogP contribution in [0.2, 0.25) is 0 Å². The third kappa shape index (κ3) is 6.22. The quantitative estimate of drug-likeness (QED) is 0.737. The first-order valence-electron chi connectivity index (χ1n) is 8.01. The van der Waals surface area contributed by atoms with E-state index in [1.54, 1.807) is 0 Å². The van der Waals surface area contributed by atoms with E-state index in [0.717, 1.165) is 17.8 Å². The molecule has 0 heterocycles. The number of nitrogens with one attached hydrogen (secondary N) is 1. The summed E-state index contributed by atoms with van der Waals surface area (Å²) < 4.78 is 0. The zero-order chi connectivity index (χ0) is 13.8. The van der Waals surface area contributed by atoms with Gasteiger partial charge in [0.15, 0.2) is 0 Å². The summed E-state index contributed by atoms with van der Waals surface area (Å²) in [5.74, 6) is 2.83. The Morgan fingerprint density at radius 2 is 1.78 bits per heavy atom. The lowest BCUT2D eigenvalue weighted by molar-refractivity contribution is 0.155. The first-order valence-corrected chi connectivity index (χ1v) is 8.01. The summed E-state index contributed by atoms with van der Waals surface area (Å²) in [7, 11) is 0. The smallest absolute Gasteiger partial charge is 0.00104 e. The Morgan fingerprint density at radius 3 is 2.33 bits per heavy atom. The Kier molecular flexibility index (Phi) is 6.17. The molecule has 0 aromatic rings. The molecule has 0 saturated heterocycles. The molecular formula is C17H35N. The maximum Gasteiger partial charge on any atom is 0.00104 e. The maximum absolute atomic E-state index is 3.66. The van der Waals surface area contributed by atoms with Gasteiger partial charge in [-0.3, -0.25) is 0 Å². The van der Waals surface area contributed by atoms with Gasteiger partial charge in [0.1, 0.15) is 0 Å². The first-order chi connectivity index (χ1) is 8.28. The van der Waals surface area contributed by atoms with E-state index < -0.39 is 0 Å². The zero-order valence-electron chi connectivity index (χ0n) is 13.6. The second kappa shape index (κ2) is 6.93. The molecular weight excluding hydrogens is 218 g/mol. The topological polar surface area (TPSA) is 12.0 Å². The van der Waals surface area contributed by atoms with E-state index >= 15 is 0 Å². The largest absolute Gasteiger partial charge is 0.314 e. The summed E-state index contributed by atoms with van der Waals surface area (Å²) in [6.45, 7) is 15.3. The Morgan fingerprint density at radius 1 is 1.11 bits per heavy atom. The lowest BCUT2D eigenvalue weighted by Crippen LogP contribution is -2.36. The fraction of sp³-hybridized carbons (Fsp3) is 1.00. The molecule has 1 fully saturated rings. The van der Waals surface area contributed by atoms with Crippen LogP contribution in [-0.4, -0.2) is 12.6 Å². The number of hydrogen-bond donors (Lipinski definition) is 1. The molecule has 1 N–H and O–H groups in total. The van der Waals surface area contributed by atoms with E-state index in [0.29, 0.717) is 11.5 Å². The van der Waals surface area contributed by atoms with Crippen molar-refractivity contribution in [3.63, 3.8) is 0 Å². The third-order valence-corrected chi connectivity index (χ3v) is 4.46. The molecule has 0 radical (unpaired) electrons. The lowest BCUT2D eigenvalue weighted by atomic mass is 9.71. The summed E-state index contributed by atoms with van der Waals surface area (Å²) in [6.07, 6.45) is 7.15. The van der Waals surface area contributed by atoms with E-state index in [-0.39, 0.29) is 0 Å². The van der Waals surface area contributed by atoms with E-state index in [9.17, 15) is 0 Å². The summed E-state index contributed by atoms with van der Waals surface area (Å²) in [5.41, 5.74) is 0.497. The average Bonchev–Trinajstić information content (AvgIpc) is 2.23. The number of hydrogen-bond acceptors (Lipinski definition) is 1. The highest BCUT2D eigenvalue weighted by molar-refractivity contribution is 4.81. The molecule has 1 rings (SSSR count). The molecule has 0 bridgehead atoms. The second-order valence-corrected chi connectivity index (χ2v) is 8.10. The van der Waals surface area contributed by atoms with Gasteiger partial charge < -0.3 is 5.32 Å². The van der Waals surface area contributed by atoms with Crippen molar-refractivity contribution < 1.29 is 0 Å². The van der Waals surface area contributed by atoms with Crippen LogP contribution < -0.4 is 5.32 Å². The molecule has 1 nitrogen and oxygen atoms in total. The van der Waals surface area contributed by atoms with Gasteiger partial charge in [0.05, 0.1) is 0 Å². The molecule has 0 aromatic carbocycles. The van der Waals surface area contributed by atoms with Crippen molar-refractivity contribution in [1.29, 1.82) is 0 Å². The minimum absolute atomic E-state index is 0.497. The molecule has 18 heavy (non-hydrogen) atoms. The maximum atomic E-state index is 3.66. The predicted molar refractivity (Wildman–Crippen MR) is 81.8 cm³/mol. The highest BCUT2D eigenvalue weighted by atomic mass is 14.9. The van der Waals surface area contributed by atoms with Crippen LogP contribution in [0.5, 0.6) is 0 Å². The molecule has 3 unspecified atom stereocenters. The van der Waals surface area contributed by atoms with Crippen LogP contribution in [0, 0.1) is 23.2 Å². The molecule has 0 amide bonds. The van der Waals surface area contributed by atoms with Crippen LogP contribution >= 0.6 is 0 Å². The van der Waals surface area contributed by atoms with Crippen LogP contribution in [-0.2, 0) is 0 Å². The van der Waals surface area contributed by atoms with Crippen LogP contribution in [0.1, 0.15) is 73.6 Å². The van der Waals surface area contributed by atoms with Crippen molar-refractivity contribution >= 4 is 0 Å². The van der Waals surface area contributed by atoms with Gasteiger partial charge in [-0.15, -0.1) is 0 Å². The Labute approximate surface area is 115 Å². The summed E-state index contributed by atoms with van der Waals surface area (Å²) in [6, 6.07) is 0.632. The normalized spacial score (nSPS) is 29.8. The van der Waals surface area contributed by atoms with Crippen molar-refractivity contribution in [3.8, 4) is 0 Å². The third-order valence-electron chi connectivity index (χ3n) is 4.46. The van der Waals surface area contributed by atoms with Crippen molar-refractivity contribution in [1.82, 2.24) is 5.32 Å². The van der Waals surface area contributed by atoms with Crippen molar-refractivity contribution in [2.24, 2.45) is 23.2 Å². The molecule has 1 aliphatic rings. The van der Waals surface area contributed by atoms with E-state index in [1.807, 2.05) is 0 Å². The van der Waals surface area contributed by atoms with E-state index in [1.165, 1.54) is 38.6 Å². The van der Waals surface area contributed by atoms with Gasteiger partial charge in [0.25, 0.3) is 0 Å². The first kappa shape index (κ1) is 16.0. The summed E-state index contributed by atoms with van der Waals surface area (Å²) in [5, 5.41) is 3.66. The van der Waals surface area contributed by atoms with E-state index in [2.05, 4.69) is 46.9 Å².